The van der Waals surface area contributed by atoms with Gasteiger partial charge in [0.05, 0.1) is 13.7 Å². The van der Waals surface area contributed by atoms with Gasteiger partial charge in [-0.25, -0.2) is 14.8 Å². The van der Waals surface area contributed by atoms with Crippen molar-refractivity contribution in [2.24, 2.45) is 0 Å². The van der Waals surface area contributed by atoms with Crippen molar-refractivity contribution >= 4 is 22.8 Å². The Labute approximate surface area is 183 Å². The van der Waals surface area contributed by atoms with Crippen molar-refractivity contribution in [2.45, 2.75) is 49.1 Å². The van der Waals surface area contributed by atoms with Crippen molar-refractivity contribution in [1.82, 2.24) is 19.5 Å². The summed E-state index contributed by atoms with van der Waals surface area (Å²) in [6, 6.07) is 7.61. The predicted octanol–water partition coefficient (Wildman–Crippen LogP) is 3.26. The van der Waals surface area contributed by atoms with Crippen molar-refractivity contribution in [3.05, 3.63) is 50.9 Å². The highest BCUT2D eigenvalue weighted by molar-refractivity contribution is 7.99. The second-order valence-corrected chi connectivity index (χ2v) is 9.03. The summed E-state index contributed by atoms with van der Waals surface area (Å²) >= 11 is 1.52. The molecule has 2 fully saturated rings. The highest BCUT2D eigenvalue weighted by Gasteiger charge is 2.32. The van der Waals surface area contributed by atoms with E-state index in [0.717, 1.165) is 55.2 Å². The van der Waals surface area contributed by atoms with E-state index in [1.165, 1.54) is 11.8 Å². The van der Waals surface area contributed by atoms with Gasteiger partial charge in [-0.15, -0.1) is 11.8 Å². The van der Waals surface area contributed by atoms with Gasteiger partial charge in [0.15, 0.2) is 5.65 Å². The van der Waals surface area contributed by atoms with Gasteiger partial charge in [-0.2, -0.15) is 0 Å². The first-order valence-corrected chi connectivity index (χ1v) is 11.6. The van der Waals surface area contributed by atoms with Crippen LogP contribution in [0.25, 0.3) is 11.0 Å². The van der Waals surface area contributed by atoms with E-state index in [1.54, 1.807) is 11.7 Å². The third kappa shape index (κ3) is 4.32. The summed E-state index contributed by atoms with van der Waals surface area (Å²) in [6.07, 6.45) is 4.79. The van der Waals surface area contributed by atoms with E-state index < -0.39 is 5.56 Å². The average molecular weight is 441 g/mol. The average Bonchev–Trinajstić information content (AvgIpc) is 3.67. The zero-order chi connectivity index (χ0) is 21.4. The molecule has 3 aromatic rings. The standard InChI is InChI=1S/C22H24N4O4S/c1-29-15-7-9-16(10-8-15)30-11-2-12-31-21-17-19(23-18(24-21)13-3-4-13)26(14-5-6-14)22(28)25-20(17)27/h7-10,13-14H,2-6,11-12H2,1H3,(H,25,27,28). The van der Waals surface area contributed by atoms with Gasteiger partial charge in [-0.05, 0) is 56.4 Å². The van der Waals surface area contributed by atoms with Gasteiger partial charge in [0.2, 0.25) is 0 Å². The highest BCUT2D eigenvalue weighted by Crippen LogP contribution is 2.40. The van der Waals surface area contributed by atoms with Crippen LogP contribution in [0.5, 0.6) is 11.5 Å². The van der Waals surface area contributed by atoms with Gasteiger partial charge in [-0.1, -0.05) is 0 Å². The van der Waals surface area contributed by atoms with Gasteiger partial charge in [0.1, 0.15) is 27.7 Å². The minimum Gasteiger partial charge on any atom is -0.497 e. The minimum absolute atomic E-state index is 0.129. The lowest BCUT2D eigenvalue weighted by atomic mass is 10.3. The Hall–Kier alpha value is -2.81. The number of hydrogen-bond acceptors (Lipinski definition) is 7. The van der Waals surface area contributed by atoms with Crippen molar-refractivity contribution in [1.29, 1.82) is 0 Å². The monoisotopic (exact) mass is 440 g/mol. The fourth-order valence-electron chi connectivity index (χ4n) is 3.52. The highest BCUT2D eigenvalue weighted by atomic mass is 32.2. The van der Waals surface area contributed by atoms with E-state index >= 15 is 0 Å². The van der Waals surface area contributed by atoms with Gasteiger partial charge < -0.3 is 9.47 Å². The molecule has 0 unspecified atom stereocenters. The number of hydrogen-bond donors (Lipinski definition) is 1. The number of H-pyrrole nitrogens is 1. The van der Waals surface area contributed by atoms with Crippen molar-refractivity contribution in [2.75, 3.05) is 19.5 Å². The molecular formula is C22H24N4O4S. The zero-order valence-electron chi connectivity index (χ0n) is 17.3. The lowest BCUT2D eigenvalue weighted by molar-refractivity contribution is 0.318. The maximum absolute atomic E-state index is 12.6. The van der Waals surface area contributed by atoms with Crippen LogP contribution in [-0.4, -0.2) is 39.0 Å². The van der Waals surface area contributed by atoms with E-state index in [-0.39, 0.29) is 11.7 Å². The number of benzene rings is 1. The fourth-order valence-corrected chi connectivity index (χ4v) is 4.47. The molecule has 162 valence electrons. The number of aromatic amines is 1. The number of ether oxygens (including phenoxy) is 2. The Morgan fingerprint density at radius 2 is 1.84 bits per heavy atom. The lowest BCUT2D eigenvalue weighted by Gasteiger charge is -2.12. The molecule has 0 amide bonds. The minimum atomic E-state index is -0.406. The van der Waals surface area contributed by atoms with Crippen LogP contribution in [0.1, 0.15) is 49.9 Å². The van der Waals surface area contributed by atoms with E-state index in [4.69, 9.17) is 14.5 Å². The number of fused-ring (bicyclic) bond motifs is 1. The molecule has 0 atom stereocenters. The summed E-state index contributed by atoms with van der Waals surface area (Å²) in [4.78, 5) is 36.9. The Bertz CT molecular complexity index is 1210. The van der Waals surface area contributed by atoms with Gasteiger partial charge in [0, 0.05) is 17.7 Å². The summed E-state index contributed by atoms with van der Waals surface area (Å²) in [7, 11) is 1.63. The molecule has 5 rings (SSSR count). The fraction of sp³-hybridized carbons (Fsp3) is 0.455. The largest absolute Gasteiger partial charge is 0.497 e. The Morgan fingerprint density at radius 1 is 1.10 bits per heavy atom. The quantitative estimate of drug-likeness (QED) is 0.310. The van der Waals surface area contributed by atoms with Crippen LogP contribution in [0.3, 0.4) is 0 Å². The van der Waals surface area contributed by atoms with E-state index in [9.17, 15) is 9.59 Å². The number of thioether (sulfide) groups is 1. The van der Waals surface area contributed by atoms with Crippen LogP contribution in [0.2, 0.25) is 0 Å². The third-order valence-corrected chi connectivity index (χ3v) is 6.54. The van der Waals surface area contributed by atoms with Crippen LogP contribution in [0, 0.1) is 0 Å². The molecule has 0 saturated heterocycles. The number of aromatic nitrogens is 4. The molecule has 1 N–H and O–H groups in total. The normalized spacial score (nSPS) is 15.9. The summed E-state index contributed by atoms with van der Waals surface area (Å²) < 4.78 is 12.6. The molecular weight excluding hydrogens is 416 g/mol. The Morgan fingerprint density at radius 3 is 2.52 bits per heavy atom. The summed E-state index contributed by atoms with van der Waals surface area (Å²) in [6.45, 7) is 0.557. The van der Waals surface area contributed by atoms with Gasteiger partial charge in [0.25, 0.3) is 5.56 Å². The number of methoxy groups -OCH3 is 1. The first-order valence-electron chi connectivity index (χ1n) is 10.6. The van der Waals surface area contributed by atoms with Crippen molar-refractivity contribution in [3.8, 4) is 11.5 Å². The van der Waals surface area contributed by atoms with E-state index in [2.05, 4.69) is 9.97 Å². The van der Waals surface area contributed by atoms with Crippen LogP contribution in [0.4, 0.5) is 0 Å². The second-order valence-electron chi connectivity index (χ2n) is 7.95. The molecule has 2 aromatic heterocycles. The molecule has 2 aliphatic rings. The number of nitrogens with zero attached hydrogens (tertiary/aromatic N) is 3. The Balaban J connectivity index is 1.33. The lowest BCUT2D eigenvalue weighted by Crippen LogP contribution is -2.31. The molecule has 2 aliphatic carbocycles. The first kappa shape index (κ1) is 20.1. The van der Waals surface area contributed by atoms with Gasteiger partial charge in [-0.3, -0.25) is 14.3 Å². The zero-order valence-corrected chi connectivity index (χ0v) is 18.1. The summed E-state index contributed by atoms with van der Waals surface area (Å²) in [5.74, 6) is 3.42. The number of rotatable bonds is 9. The first-order chi connectivity index (χ1) is 15.1. The second kappa shape index (κ2) is 8.37. The van der Waals surface area contributed by atoms with E-state index in [0.29, 0.717) is 28.6 Å². The molecule has 31 heavy (non-hydrogen) atoms. The predicted molar refractivity (Wildman–Crippen MR) is 118 cm³/mol. The molecule has 0 spiro atoms. The molecule has 0 radical (unpaired) electrons. The van der Waals surface area contributed by atoms with Crippen LogP contribution in [-0.2, 0) is 0 Å². The van der Waals surface area contributed by atoms with Crippen molar-refractivity contribution in [3.63, 3.8) is 0 Å². The number of nitrogens with one attached hydrogen (secondary N) is 1. The summed E-state index contributed by atoms with van der Waals surface area (Å²) in [5.41, 5.74) is -0.286. The molecule has 1 aromatic carbocycles. The smallest absolute Gasteiger partial charge is 0.330 e. The topological polar surface area (TPSA) is 99.1 Å². The Kier molecular flexibility index (Phi) is 5.43. The molecule has 2 saturated carbocycles. The maximum Gasteiger partial charge on any atom is 0.330 e. The maximum atomic E-state index is 12.6. The third-order valence-electron chi connectivity index (χ3n) is 5.48. The molecule has 8 nitrogen and oxygen atoms in total. The molecule has 0 aliphatic heterocycles. The summed E-state index contributed by atoms with van der Waals surface area (Å²) in [5, 5.41) is 1.09. The van der Waals surface area contributed by atoms with Crippen LogP contribution in [0.15, 0.2) is 38.9 Å². The van der Waals surface area contributed by atoms with E-state index in [1.807, 2.05) is 24.3 Å². The van der Waals surface area contributed by atoms with Crippen LogP contribution < -0.4 is 20.7 Å². The molecule has 0 bridgehead atoms. The van der Waals surface area contributed by atoms with Gasteiger partial charge >= 0.3 is 5.69 Å². The SMILES string of the molecule is COc1ccc(OCCCSc2nc(C3CC3)nc3c2c(=O)[nH]c(=O)n3C2CC2)cc1. The molecule has 2 heterocycles. The molecule has 9 heteroatoms. The van der Waals surface area contributed by atoms with Crippen molar-refractivity contribution < 1.29 is 9.47 Å². The van der Waals surface area contributed by atoms with Crippen LogP contribution >= 0.6 is 11.8 Å².